The summed E-state index contributed by atoms with van der Waals surface area (Å²) in [5.41, 5.74) is 0. The van der Waals surface area contributed by atoms with Crippen LogP contribution in [0.15, 0.2) is 0 Å². The Labute approximate surface area is 75.5 Å². The minimum atomic E-state index is -0.969. The van der Waals surface area contributed by atoms with Crippen molar-refractivity contribution in [2.24, 2.45) is 0 Å². The number of nitrogens with zero attached hydrogens (tertiary/aromatic N) is 1. The topological polar surface area (TPSA) is 78.9 Å². The summed E-state index contributed by atoms with van der Waals surface area (Å²) in [6, 6.07) is 0. The van der Waals surface area contributed by atoms with Gasteiger partial charge in [0.15, 0.2) is 0 Å². The fourth-order valence-corrected chi connectivity index (χ4v) is 1.21. The molecule has 1 rings (SSSR count). The van der Waals surface area contributed by atoms with Crippen LogP contribution in [0, 0.1) is 0 Å². The first-order chi connectivity index (χ1) is 6.13. The molecule has 0 aromatic heterocycles. The van der Waals surface area contributed by atoms with Crippen molar-refractivity contribution in [2.75, 3.05) is 20.1 Å². The van der Waals surface area contributed by atoms with Gasteiger partial charge in [0.25, 0.3) is 0 Å². The van der Waals surface area contributed by atoms with Gasteiger partial charge in [-0.3, -0.25) is 0 Å². The highest BCUT2D eigenvalue weighted by Crippen LogP contribution is 2.12. The number of hydrogen-bond donors (Lipinski definition) is 2. The van der Waals surface area contributed by atoms with Gasteiger partial charge in [0.1, 0.15) is 6.10 Å². The van der Waals surface area contributed by atoms with Gasteiger partial charge in [0, 0.05) is 20.0 Å². The average Bonchev–Trinajstić information content (AvgIpc) is 2.52. The number of ether oxygens (including phenoxy) is 1. The Morgan fingerprint density at radius 3 is 2.77 bits per heavy atom. The number of alkyl carbamates (subject to hydrolysis) is 1. The third-order valence-electron chi connectivity index (χ3n) is 1.89. The zero-order chi connectivity index (χ0) is 9.84. The van der Waals surface area contributed by atoms with E-state index in [2.05, 4.69) is 5.32 Å². The lowest BCUT2D eigenvalue weighted by atomic mass is 10.3. The second-order valence-electron chi connectivity index (χ2n) is 2.79. The number of carbonyl (C=O) groups excluding carboxylic acids is 1. The first kappa shape index (κ1) is 9.63. The number of nitrogens with one attached hydrogen (secondary N) is 1. The maximum atomic E-state index is 10.7. The predicted molar refractivity (Wildman–Crippen MR) is 43.5 cm³/mol. The van der Waals surface area contributed by atoms with Gasteiger partial charge in [-0.2, -0.15) is 0 Å². The highest BCUT2D eigenvalue weighted by molar-refractivity contribution is 5.67. The lowest BCUT2D eigenvalue weighted by Crippen LogP contribution is -2.31. The minimum Gasteiger partial charge on any atom is -0.465 e. The van der Waals surface area contributed by atoms with E-state index in [1.165, 1.54) is 11.9 Å². The van der Waals surface area contributed by atoms with Crippen LogP contribution >= 0.6 is 0 Å². The second-order valence-corrected chi connectivity index (χ2v) is 2.79. The number of hydrogen-bond acceptors (Lipinski definition) is 3. The lowest BCUT2D eigenvalue weighted by molar-refractivity contribution is 0.0992. The summed E-state index contributed by atoms with van der Waals surface area (Å²) in [5.74, 6) is 0. The van der Waals surface area contributed by atoms with Crippen molar-refractivity contribution in [3.05, 3.63) is 0 Å². The van der Waals surface area contributed by atoms with Crippen LogP contribution in [0.5, 0.6) is 0 Å². The van der Waals surface area contributed by atoms with E-state index in [0.717, 1.165) is 0 Å². The second kappa shape index (κ2) is 3.97. The molecular weight excluding hydrogens is 176 g/mol. The van der Waals surface area contributed by atoms with Crippen LogP contribution in [0.25, 0.3) is 0 Å². The van der Waals surface area contributed by atoms with Crippen molar-refractivity contribution >= 4 is 12.2 Å². The molecular formula is C7H12N2O4. The molecule has 1 fully saturated rings. The fraction of sp³-hybridized carbons (Fsp3) is 0.714. The van der Waals surface area contributed by atoms with Crippen LogP contribution in [0.1, 0.15) is 6.42 Å². The van der Waals surface area contributed by atoms with Gasteiger partial charge >= 0.3 is 12.2 Å². The normalized spacial score (nSPS) is 21.3. The van der Waals surface area contributed by atoms with Gasteiger partial charge in [-0.05, 0) is 0 Å². The zero-order valence-electron chi connectivity index (χ0n) is 7.32. The summed E-state index contributed by atoms with van der Waals surface area (Å²) in [5, 5.41) is 10.9. The van der Waals surface area contributed by atoms with Crippen molar-refractivity contribution < 1.29 is 19.4 Å². The molecule has 13 heavy (non-hydrogen) atoms. The van der Waals surface area contributed by atoms with E-state index in [9.17, 15) is 9.59 Å². The lowest BCUT2D eigenvalue weighted by Gasteiger charge is -2.12. The van der Waals surface area contributed by atoms with Gasteiger partial charge < -0.3 is 20.1 Å². The molecule has 6 nitrogen and oxygen atoms in total. The molecule has 1 heterocycles. The number of likely N-dealkylation sites (tertiary alicyclic amines) is 1. The number of rotatable bonds is 1. The summed E-state index contributed by atoms with van der Waals surface area (Å²) in [6.45, 7) is 0.694. The van der Waals surface area contributed by atoms with E-state index >= 15 is 0 Å². The van der Waals surface area contributed by atoms with Crippen LogP contribution < -0.4 is 5.32 Å². The summed E-state index contributed by atoms with van der Waals surface area (Å²) >= 11 is 0. The van der Waals surface area contributed by atoms with E-state index < -0.39 is 12.2 Å². The molecule has 1 atom stereocenters. The van der Waals surface area contributed by atoms with E-state index in [0.29, 0.717) is 13.0 Å². The third-order valence-corrected chi connectivity index (χ3v) is 1.89. The Bertz CT molecular complexity index is 219. The van der Waals surface area contributed by atoms with Crippen molar-refractivity contribution in [1.82, 2.24) is 10.2 Å². The highest BCUT2D eigenvalue weighted by atomic mass is 16.6. The smallest absolute Gasteiger partial charge is 0.407 e. The largest absolute Gasteiger partial charge is 0.465 e. The molecule has 0 saturated carbocycles. The van der Waals surface area contributed by atoms with Crippen molar-refractivity contribution in [2.45, 2.75) is 12.5 Å². The molecule has 0 radical (unpaired) electrons. The first-order valence-corrected chi connectivity index (χ1v) is 3.99. The maximum absolute atomic E-state index is 10.7. The minimum absolute atomic E-state index is 0.267. The molecule has 0 bridgehead atoms. The highest BCUT2D eigenvalue weighted by Gasteiger charge is 2.28. The van der Waals surface area contributed by atoms with Gasteiger partial charge in [-0.15, -0.1) is 0 Å². The monoisotopic (exact) mass is 188 g/mol. The molecule has 0 aromatic rings. The van der Waals surface area contributed by atoms with Gasteiger partial charge in [0.2, 0.25) is 0 Å². The summed E-state index contributed by atoms with van der Waals surface area (Å²) in [7, 11) is 1.46. The van der Waals surface area contributed by atoms with Crippen LogP contribution in [0.3, 0.4) is 0 Å². The molecule has 0 aliphatic carbocycles. The van der Waals surface area contributed by atoms with Crippen molar-refractivity contribution in [3.8, 4) is 0 Å². The Morgan fingerprint density at radius 1 is 1.62 bits per heavy atom. The zero-order valence-corrected chi connectivity index (χ0v) is 7.32. The number of amides is 2. The SMILES string of the molecule is CNC(=O)O[C@H]1CCN(C(=O)O)C1. The summed E-state index contributed by atoms with van der Waals surface area (Å²) < 4.78 is 4.89. The third kappa shape index (κ3) is 2.50. The Morgan fingerprint density at radius 2 is 2.31 bits per heavy atom. The molecule has 0 unspecified atom stereocenters. The Balaban J connectivity index is 2.33. The van der Waals surface area contributed by atoms with Crippen molar-refractivity contribution in [3.63, 3.8) is 0 Å². The molecule has 0 aromatic carbocycles. The number of carboxylic acid groups (broad SMARTS) is 1. The Kier molecular flexibility index (Phi) is 2.94. The van der Waals surface area contributed by atoms with Crippen LogP contribution in [0.4, 0.5) is 9.59 Å². The maximum Gasteiger partial charge on any atom is 0.407 e. The molecule has 2 N–H and O–H groups in total. The molecule has 74 valence electrons. The number of carbonyl (C=O) groups is 2. The van der Waals surface area contributed by atoms with Crippen molar-refractivity contribution in [1.29, 1.82) is 0 Å². The summed E-state index contributed by atoms with van der Waals surface area (Å²) in [4.78, 5) is 22.4. The van der Waals surface area contributed by atoms with Crippen LogP contribution in [-0.2, 0) is 4.74 Å². The van der Waals surface area contributed by atoms with Crippen LogP contribution in [0.2, 0.25) is 0 Å². The van der Waals surface area contributed by atoms with Crippen LogP contribution in [-0.4, -0.2) is 48.4 Å². The molecule has 0 spiro atoms. The van der Waals surface area contributed by atoms with Gasteiger partial charge in [-0.25, -0.2) is 9.59 Å². The van der Waals surface area contributed by atoms with Gasteiger partial charge in [-0.1, -0.05) is 0 Å². The van der Waals surface area contributed by atoms with E-state index in [1.54, 1.807) is 0 Å². The van der Waals surface area contributed by atoms with E-state index in [4.69, 9.17) is 9.84 Å². The standard InChI is InChI=1S/C7H12N2O4/c1-8-6(10)13-5-2-3-9(4-5)7(11)12/h5H,2-4H2,1H3,(H,8,10)(H,11,12)/t5-/m0/s1. The first-order valence-electron chi connectivity index (χ1n) is 3.99. The van der Waals surface area contributed by atoms with E-state index in [-0.39, 0.29) is 12.6 Å². The Hall–Kier alpha value is -1.46. The molecule has 2 amide bonds. The molecule has 6 heteroatoms. The molecule has 1 saturated heterocycles. The summed E-state index contributed by atoms with van der Waals surface area (Å²) in [6.07, 6.45) is -1.23. The molecule has 1 aliphatic rings. The molecule has 1 aliphatic heterocycles. The van der Waals surface area contributed by atoms with Gasteiger partial charge in [0.05, 0.1) is 6.54 Å². The fourth-order valence-electron chi connectivity index (χ4n) is 1.21. The average molecular weight is 188 g/mol. The predicted octanol–water partition coefficient (Wildman–Crippen LogP) is 0.0947. The quantitative estimate of drug-likeness (QED) is 0.611. The van der Waals surface area contributed by atoms with E-state index in [1.807, 2.05) is 0 Å².